The third-order valence-corrected chi connectivity index (χ3v) is 5.35. The van der Waals surface area contributed by atoms with Gasteiger partial charge in [-0.25, -0.2) is 4.98 Å². The van der Waals surface area contributed by atoms with E-state index < -0.39 is 5.97 Å². The van der Waals surface area contributed by atoms with Crippen LogP contribution >= 0.6 is 23.1 Å². The second kappa shape index (κ2) is 6.59. The number of furan rings is 1. The fraction of sp³-hybridized carbons (Fsp3) is 0.267. The Morgan fingerprint density at radius 3 is 3.00 bits per heavy atom. The van der Waals surface area contributed by atoms with E-state index in [1.54, 1.807) is 12.1 Å². The van der Waals surface area contributed by atoms with Gasteiger partial charge in [-0.2, -0.15) is 0 Å². The van der Waals surface area contributed by atoms with Crippen molar-refractivity contribution in [2.45, 2.75) is 25.0 Å². The fourth-order valence-corrected chi connectivity index (χ4v) is 3.87. The average molecular weight is 349 g/mol. The number of hydrogen-bond donors (Lipinski definition) is 0. The Kier molecular flexibility index (Phi) is 4.53. The lowest BCUT2D eigenvalue weighted by Gasteiger charge is -2.10. The summed E-state index contributed by atoms with van der Waals surface area (Å²) in [6.45, 7) is 2.22. The molecule has 8 heteroatoms. The summed E-state index contributed by atoms with van der Waals surface area (Å²) in [5, 5.41) is 11.6. The minimum Gasteiger partial charge on any atom is -0.549 e. The number of aliphatic carboxylic acids is 1. The Hall–Kier alpha value is -2.06. The van der Waals surface area contributed by atoms with Crippen LogP contribution in [-0.2, 0) is 17.8 Å². The van der Waals surface area contributed by atoms with Crippen LogP contribution in [0.3, 0.4) is 0 Å². The van der Waals surface area contributed by atoms with Gasteiger partial charge in [0.1, 0.15) is 10.6 Å². The van der Waals surface area contributed by atoms with Gasteiger partial charge in [0.05, 0.1) is 24.2 Å². The van der Waals surface area contributed by atoms with Gasteiger partial charge in [0.2, 0.25) is 0 Å². The maximum atomic E-state index is 12.8. The van der Waals surface area contributed by atoms with Crippen LogP contribution in [0.4, 0.5) is 0 Å². The van der Waals surface area contributed by atoms with Gasteiger partial charge in [0.15, 0.2) is 5.16 Å². The van der Waals surface area contributed by atoms with E-state index in [1.165, 1.54) is 22.2 Å². The van der Waals surface area contributed by atoms with E-state index in [2.05, 4.69) is 4.98 Å². The molecule has 0 aliphatic carbocycles. The summed E-state index contributed by atoms with van der Waals surface area (Å²) in [5.74, 6) is -0.855. The standard InChI is InChI=1S/C15H14N2O4S2/c1-2-10-6-11-13(23-10)16-15(22-8-12(18)19)17(14(11)20)7-9-4-3-5-21-9/h3-6H,2,7-8H2,1H3,(H,18,19)/p-1. The number of carbonyl (C=O) groups is 1. The van der Waals surface area contributed by atoms with E-state index in [4.69, 9.17) is 4.42 Å². The summed E-state index contributed by atoms with van der Waals surface area (Å²) in [6, 6.07) is 5.34. The molecule has 0 saturated carbocycles. The van der Waals surface area contributed by atoms with Crippen molar-refractivity contribution < 1.29 is 14.3 Å². The molecule has 0 N–H and O–H groups in total. The molecule has 0 aromatic carbocycles. The Morgan fingerprint density at radius 1 is 1.52 bits per heavy atom. The van der Waals surface area contributed by atoms with Crippen molar-refractivity contribution in [1.82, 2.24) is 9.55 Å². The van der Waals surface area contributed by atoms with Gasteiger partial charge >= 0.3 is 0 Å². The molecule has 3 rings (SSSR count). The Balaban J connectivity index is 2.11. The van der Waals surface area contributed by atoms with Crippen LogP contribution in [0.25, 0.3) is 10.2 Å². The quantitative estimate of drug-likeness (QED) is 0.495. The summed E-state index contributed by atoms with van der Waals surface area (Å²) in [4.78, 5) is 29.7. The molecule has 0 radical (unpaired) electrons. The Morgan fingerprint density at radius 2 is 2.35 bits per heavy atom. The predicted octanol–water partition coefficient (Wildman–Crippen LogP) is 1.50. The molecule has 0 unspecified atom stereocenters. The minimum atomic E-state index is -1.20. The smallest absolute Gasteiger partial charge is 0.263 e. The molecule has 0 saturated heterocycles. The number of aromatic nitrogens is 2. The molecular weight excluding hydrogens is 336 g/mol. The molecule has 3 aromatic rings. The van der Waals surface area contributed by atoms with Crippen LogP contribution in [0.15, 0.2) is 38.8 Å². The lowest BCUT2D eigenvalue weighted by Crippen LogP contribution is -2.27. The van der Waals surface area contributed by atoms with Crippen molar-refractivity contribution >= 4 is 39.3 Å². The molecule has 0 amide bonds. The van der Waals surface area contributed by atoms with Crippen LogP contribution in [0.5, 0.6) is 0 Å². The summed E-state index contributed by atoms with van der Waals surface area (Å²) in [5.41, 5.74) is -0.191. The number of fused-ring (bicyclic) bond motifs is 1. The number of thioether (sulfide) groups is 1. The molecular formula is C15H13N2O4S2-. The SMILES string of the molecule is CCc1cc2c(=O)n(Cc3ccco3)c(SCC(=O)[O-])nc2s1. The molecule has 6 nitrogen and oxygen atoms in total. The molecule has 0 aliphatic rings. The lowest BCUT2D eigenvalue weighted by molar-refractivity contribution is -0.301. The van der Waals surface area contributed by atoms with Gasteiger partial charge < -0.3 is 14.3 Å². The molecule has 120 valence electrons. The van der Waals surface area contributed by atoms with Crippen molar-refractivity contribution in [2.24, 2.45) is 0 Å². The van der Waals surface area contributed by atoms with E-state index in [0.717, 1.165) is 23.1 Å². The maximum absolute atomic E-state index is 12.8. The number of carbonyl (C=O) groups excluding carboxylic acids is 1. The van der Waals surface area contributed by atoms with E-state index >= 15 is 0 Å². The van der Waals surface area contributed by atoms with E-state index in [0.29, 0.717) is 21.1 Å². The molecule has 3 aromatic heterocycles. The van der Waals surface area contributed by atoms with Gasteiger partial charge in [0, 0.05) is 10.6 Å². The highest BCUT2D eigenvalue weighted by molar-refractivity contribution is 7.99. The van der Waals surface area contributed by atoms with Crippen LogP contribution in [-0.4, -0.2) is 21.3 Å². The monoisotopic (exact) mass is 349 g/mol. The highest BCUT2D eigenvalue weighted by atomic mass is 32.2. The zero-order valence-electron chi connectivity index (χ0n) is 12.3. The second-order valence-corrected chi connectivity index (χ2v) is 6.87. The van der Waals surface area contributed by atoms with Gasteiger partial charge in [0.25, 0.3) is 5.56 Å². The van der Waals surface area contributed by atoms with Crippen LogP contribution < -0.4 is 10.7 Å². The van der Waals surface area contributed by atoms with Gasteiger partial charge in [-0.15, -0.1) is 11.3 Å². The Bertz CT molecular complexity index is 896. The predicted molar refractivity (Wildman–Crippen MR) is 86.8 cm³/mol. The number of aryl methyl sites for hydroxylation is 1. The number of rotatable bonds is 6. The van der Waals surface area contributed by atoms with Crippen molar-refractivity contribution in [3.63, 3.8) is 0 Å². The van der Waals surface area contributed by atoms with Crippen molar-refractivity contribution in [1.29, 1.82) is 0 Å². The third-order valence-electron chi connectivity index (χ3n) is 3.23. The van der Waals surface area contributed by atoms with E-state index in [-0.39, 0.29) is 17.9 Å². The van der Waals surface area contributed by atoms with Gasteiger partial charge in [-0.3, -0.25) is 9.36 Å². The van der Waals surface area contributed by atoms with Gasteiger partial charge in [-0.1, -0.05) is 18.7 Å². The number of carboxylic acids is 1. The third kappa shape index (κ3) is 3.32. The largest absolute Gasteiger partial charge is 0.549 e. The van der Waals surface area contributed by atoms with E-state index in [9.17, 15) is 14.7 Å². The molecule has 0 fully saturated rings. The number of hydrogen-bond acceptors (Lipinski definition) is 7. The van der Waals surface area contributed by atoms with Crippen molar-refractivity contribution in [2.75, 3.05) is 5.75 Å². The molecule has 0 bridgehead atoms. The van der Waals surface area contributed by atoms with Crippen molar-refractivity contribution in [3.8, 4) is 0 Å². The Labute approximate surface area is 139 Å². The first kappa shape index (κ1) is 15.8. The van der Waals surface area contributed by atoms with Crippen molar-refractivity contribution in [3.05, 3.63) is 45.5 Å². The summed E-state index contributed by atoms with van der Waals surface area (Å²) < 4.78 is 6.73. The normalized spacial score (nSPS) is 11.2. The van der Waals surface area contributed by atoms with E-state index in [1.807, 2.05) is 13.0 Å². The number of carboxylic acid groups (broad SMARTS) is 1. The number of thiophene rings is 1. The zero-order valence-corrected chi connectivity index (χ0v) is 13.9. The van der Waals surface area contributed by atoms with Gasteiger partial charge in [-0.05, 0) is 24.6 Å². The lowest BCUT2D eigenvalue weighted by atomic mass is 10.3. The van der Waals surface area contributed by atoms with Crippen LogP contribution in [0, 0.1) is 0 Å². The fourth-order valence-electron chi connectivity index (χ4n) is 2.15. The average Bonchev–Trinajstić information content (AvgIpc) is 3.17. The van der Waals surface area contributed by atoms with Crippen LogP contribution in [0.1, 0.15) is 17.6 Å². The minimum absolute atomic E-state index is 0.191. The zero-order chi connectivity index (χ0) is 16.4. The molecule has 0 atom stereocenters. The first-order valence-electron chi connectivity index (χ1n) is 6.96. The maximum Gasteiger partial charge on any atom is 0.263 e. The van der Waals surface area contributed by atoms with Crippen LogP contribution in [0.2, 0.25) is 0 Å². The summed E-state index contributed by atoms with van der Waals surface area (Å²) in [7, 11) is 0. The molecule has 3 heterocycles. The highest BCUT2D eigenvalue weighted by Crippen LogP contribution is 2.25. The summed E-state index contributed by atoms with van der Waals surface area (Å²) >= 11 is 2.43. The molecule has 0 aliphatic heterocycles. The first-order chi connectivity index (χ1) is 11.1. The summed E-state index contributed by atoms with van der Waals surface area (Å²) in [6.07, 6.45) is 2.35. The first-order valence-corrected chi connectivity index (χ1v) is 8.77. The highest BCUT2D eigenvalue weighted by Gasteiger charge is 2.15. The topological polar surface area (TPSA) is 88.2 Å². The number of nitrogens with zero attached hydrogens (tertiary/aromatic N) is 2. The molecule has 23 heavy (non-hydrogen) atoms. The second-order valence-electron chi connectivity index (χ2n) is 4.81. The molecule has 0 spiro atoms.